The van der Waals surface area contributed by atoms with E-state index in [-0.39, 0.29) is 5.91 Å². The minimum absolute atomic E-state index is 0.153. The van der Waals surface area contributed by atoms with Crippen LogP contribution in [-0.4, -0.2) is 29.2 Å². The third kappa shape index (κ3) is 3.38. The van der Waals surface area contributed by atoms with Gasteiger partial charge >= 0.3 is 0 Å². The molecule has 1 unspecified atom stereocenters. The smallest absolute Gasteiger partial charge is 0.228 e. The topological polar surface area (TPSA) is 43.8 Å². The van der Waals surface area contributed by atoms with Gasteiger partial charge in [0.25, 0.3) is 0 Å². The van der Waals surface area contributed by atoms with Crippen LogP contribution in [0, 0.1) is 0 Å². The van der Waals surface area contributed by atoms with Crippen molar-refractivity contribution in [3.8, 4) is 0 Å². The summed E-state index contributed by atoms with van der Waals surface area (Å²) in [7, 11) is 1.87. The van der Waals surface area contributed by atoms with Crippen LogP contribution in [0.1, 0.15) is 43.9 Å². The van der Waals surface area contributed by atoms with Crippen molar-refractivity contribution >= 4 is 17.2 Å². The Morgan fingerprint density at radius 3 is 2.48 bits per heavy atom. The summed E-state index contributed by atoms with van der Waals surface area (Å²) in [5.41, 5.74) is 5.82. The first-order valence-corrected chi connectivity index (χ1v) is 10.1. The van der Waals surface area contributed by atoms with Gasteiger partial charge in [-0.3, -0.25) is 4.79 Å². The molecule has 0 fully saturated rings. The van der Waals surface area contributed by atoms with Crippen LogP contribution in [0.5, 0.6) is 0 Å². The summed E-state index contributed by atoms with van der Waals surface area (Å²) in [5, 5.41) is 10.2. The Morgan fingerprint density at radius 1 is 1.07 bits per heavy atom. The van der Waals surface area contributed by atoms with Gasteiger partial charge in [0.1, 0.15) is 6.23 Å². The Bertz CT molecular complexity index is 1000. The van der Waals surface area contributed by atoms with Gasteiger partial charge in [0, 0.05) is 25.4 Å². The third-order valence-corrected chi connectivity index (χ3v) is 6.08. The molecule has 1 atom stereocenters. The molecule has 4 nitrogen and oxygen atoms in total. The van der Waals surface area contributed by atoms with E-state index in [1.54, 1.807) is 4.90 Å². The number of likely N-dealkylation sites (N-methyl/N-ethyl adjacent to an activating group) is 1. The molecule has 2 aromatic carbocycles. The first-order chi connectivity index (χ1) is 13.8. The molecule has 0 saturated carbocycles. The van der Waals surface area contributed by atoms with Gasteiger partial charge in [-0.15, -0.1) is 0 Å². The molecule has 2 heterocycles. The maximum absolute atomic E-state index is 13.1. The second kappa shape index (κ2) is 7.20. The summed E-state index contributed by atoms with van der Waals surface area (Å²) in [6, 6.07) is 16.6. The van der Waals surface area contributed by atoms with Crippen LogP contribution in [0.2, 0.25) is 0 Å². The van der Waals surface area contributed by atoms with Crippen LogP contribution >= 0.6 is 0 Å². The van der Waals surface area contributed by atoms with Crippen molar-refractivity contribution in [3.63, 3.8) is 0 Å². The van der Waals surface area contributed by atoms with Crippen molar-refractivity contribution < 1.29 is 9.90 Å². The van der Waals surface area contributed by atoms with E-state index in [4.69, 9.17) is 0 Å². The predicted octanol–water partition coefficient (Wildman–Crippen LogP) is 4.45. The molecule has 2 aliphatic heterocycles. The Hall–Kier alpha value is -2.85. The summed E-state index contributed by atoms with van der Waals surface area (Å²) in [4.78, 5) is 16.8. The minimum Gasteiger partial charge on any atom is -0.370 e. The van der Waals surface area contributed by atoms with E-state index < -0.39 is 11.8 Å². The zero-order chi connectivity index (χ0) is 20.8. The number of allylic oxidation sites excluding steroid dienone is 2. The highest BCUT2D eigenvalue weighted by Crippen LogP contribution is 2.40. The number of hydrogen-bond donors (Lipinski definition) is 1. The van der Waals surface area contributed by atoms with Gasteiger partial charge in [-0.05, 0) is 67.2 Å². The zero-order valence-electron chi connectivity index (χ0n) is 17.5. The first kappa shape index (κ1) is 19.5. The number of carbonyl (C=O) groups is 1. The van der Waals surface area contributed by atoms with E-state index in [0.29, 0.717) is 6.42 Å². The maximum atomic E-state index is 13.1. The lowest BCUT2D eigenvalue weighted by Gasteiger charge is -2.42. The lowest BCUT2D eigenvalue weighted by Crippen LogP contribution is -2.48. The molecule has 150 valence electrons. The Balaban J connectivity index is 1.81. The average molecular weight is 389 g/mol. The fraction of sp³-hybridized carbons (Fsp3) is 0.320. The third-order valence-electron chi connectivity index (χ3n) is 6.08. The number of nitrogens with zero attached hydrogens (tertiary/aromatic N) is 2. The molecule has 0 aliphatic carbocycles. The van der Waals surface area contributed by atoms with Crippen molar-refractivity contribution in [2.75, 3.05) is 11.9 Å². The van der Waals surface area contributed by atoms with Gasteiger partial charge in [0.15, 0.2) is 0 Å². The lowest BCUT2D eigenvalue weighted by molar-refractivity contribution is -0.120. The van der Waals surface area contributed by atoms with Gasteiger partial charge in [0.2, 0.25) is 5.91 Å². The largest absolute Gasteiger partial charge is 0.370 e. The monoisotopic (exact) mass is 388 g/mol. The quantitative estimate of drug-likeness (QED) is 0.845. The highest BCUT2D eigenvalue weighted by atomic mass is 16.3. The lowest BCUT2D eigenvalue weighted by atomic mass is 9.87. The van der Waals surface area contributed by atoms with E-state index in [1.165, 1.54) is 5.56 Å². The van der Waals surface area contributed by atoms with Crippen LogP contribution in [-0.2, 0) is 16.8 Å². The van der Waals surface area contributed by atoms with E-state index in [2.05, 4.69) is 44.2 Å². The van der Waals surface area contributed by atoms with Crippen molar-refractivity contribution in [2.24, 2.45) is 0 Å². The molecule has 4 rings (SSSR count). The molecule has 29 heavy (non-hydrogen) atoms. The minimum atomic E-state index is -0.591. The van der Waals surface area contributed by atoms with E-state index in [1.807, 2.05) is 49.3 Å². The molecule has 0 saturated heterocycles. The number of aliphatic hydroxyl groups is 1. The first-order valence-electron chi connectivity index (χ1n) is 10.1. The normalized spacial score (nSPS) is 19.6. The van der Waals surface area contributed by atoms with Gasteiger partial charge < -0.3 is 14.9 Å². The number of fused-ring (bicyclic) bond motifs is 1. The summed E-state index contributed by atoms with van der Waals surface area (Å²) < 4.78 is 0. The Morgan fingerprint density at radius 2 is 1.79 bits per heavy atom. The van der Waals surface area contributed by atoms with E-state index in [9.17, 15) is 9.90 Å². The van der Waals surface area contributed by atoms with Crippen LogP contribution in [0.15, 0.2) is 66.4 Å². The van der Waals surface area contributed by atoms with Crippen molar-refractivity contribution in [1.82, 2.24) is 4.90 Å². The summed E-state index contributed by atoms with van der Waals surface area (Å²) in [5.74, 6) is 0.153. The van der Waals surface area contributed by atoms with Crippen molar-refractivity contribution in [3.05, 3.63) is 83.1 Å². The van der Waals surface area contributed by atoms with E-state index >= 15 is 0 Å². The number of hydrogen-bond acceptors (Lipinski definition) is 3. The van der Waals surface area contributed by atoms with Gasteiger partial charge in [-0.25, -0.2) is 0 Å². The Kier molecular flexibility index (Phi) is 4.83. The van der Waals surface area contributed by atoms with Gasteiger partial charge in [0.05, 0.1) is 5.54 Å². The number of amides is 1. The predicted molar refractivity (Wildman–Crippen MR) is 117 cm³/mol. The molecular formula is C25H28N2O2. The number of anilines is 1. The number of rotatable bonds is 3. The van der Waals surface area contributed by atoms with Crippen LogP contribution in [0.25, 0.3) is 5.57 Å². The molecule has 2 aliphatic rings. The molecular weight excluding hydrogens is 360 g/mol. The van der Waals surface area contributed by atoms with Crippen LogP contribution < -0.4 is 4.90 Å². The van der Waals surface area contributed by atoms with Gasteiger partial charge in [-0.2, -0.15) is 0 Å². The molecule has 2 aromatic rings. The number of aliphatic hydroxyl groups excluding tert-OH is 1. The molecule has 1 N–H and O–H groups in total. The average Bonchev–Trinajstić information content (AvgIpc) is 2.71. The van der Waals surface area contributed by atoms with Crippen LogP contribution in [0.4, 0.5) is 5.69 Å². The highest BCUT2D eigenvalue weighted by Gasteiger charge is 2.37. The standard InChI is InChI=1S/C25H28N2O2/c1-17-14-20(16-26(4)24(17)29)19-11-10-18-12-13-23(28)27(22(18)15-19)25(2,3)21-8-6-5-7-9-21/h5-11,14-16,24,29H,12-13H2,1-4H3. The number of benzene rings is 2. The second-order valence-electron chi connectivity index (χ2n) is 8.51. The molecule has 0 spiro atoms. The van der Waals surface area contributed by atoms with Crippen molar-refractivity contribution in [2.45, 2.75) is 45.4 Å². The molecule has 4 heteroatoms. The molecule has 1 amide bonds. The van der Waals surface area contributed by atoms with Gasteiger partial charge in [-0.1, -0.05) is 42.5 Å². The summed E-state index contributed by atoms with van der Waals surface area (Å²) >= 11 is 0. The maximum Gasteiger partial charge on any atom is 0.228 e. The molecule has 0 radical (unpaired) electrons. The summed E-state index contributed by atoms with van der Waals surface area (Å²) in [6.07, 6.45) is 4.67. The second-order valence-corrected chi connectivity index (χ2v) is 8.51. The molecule has 0 bridgehead atoms. The zero-order valence-corrected chi connectivity index (χ0v) is 17.5. The highest BCUT2D eigenvalue weighted by molar-refractivity contribution is 5.98. The van der Waals surface area contributed by atoms with E-state index in [0.717, 1.165) is 34.4 Å². The fourth-order valence-electron chi connectivity index (χ4n) is 4.36. The number of carbonyl (C=O) groups excluding carboxylic acids is 1. The van der Waals surface area contributed by atoms with Crippen LogP contribution in [0.3, 0.4) is 0 Å². The summed E-state index contributed by atoms with van der Waals surface area (Å²) in [6.45, 7) is 6.15. The number of aryl methyl sites for hydroxylation is 1. The van der Waals surface area contributed by atoms with Crippen molar-refractivity contribution in [1.29, 1.82) is 0 Å². The SMILES string of the molecule is CC1=CC(c2ccc3c(c2)N(C(C)(C)c2ccccc2)C(=O)CC3)=CN(C)C1O. The fourth-order valence-corrected chi connectivity index (χ4v) is 4.36. The molecule has 0 aromatic heterocycles. The Labute approximate surface area is 172 Å².